The average molecular weight is 280 g/mol. The van der Waals surface area contributed by atoms with E-state index in [1.54, 1.807) is 12.1 Å². The number of ether oxygens (including phenoxy) is 1. The van der Waals surface area contributed by atoms with E-state index in [0.717, 1.165) is 32.4 Å². The van der Waals surface area contributed by atoms with Crippen LogP contribution in [0.3, 0.4) is 0 Å². The van der Waals surface area contributed by atoms with Gasteiger partial charge in [-0.05, 0) is 47.8 Å². The number of anilines is 1. The summed E-state index contributed by atoms with van der Waals surface area (Å²) >= 11 is 0. The Labute approximate surface area is 117 Å². The van der Waals surface area contributed by atoms with Gasteiger partial charge in [0.2, 0.25) is 0 Å². The lowest BCUT2D eigenvalue weighted by molar-refractivity contribution is -0.388. The Morgan fingerprint density at radius 1 is 1.50 bits per heavy atom. The molecule has 7 heteroatoms. The van der Waals surface area contributed by atoms with Crippen molar-refractivity contribution >= 4 is 11.5 Å². The number of rotatable bonds is 6. The molecular weight excluding hydrogens is 260 g/mol. The lowest BCUT2D eigenvalue weighted by Gasteiger charge is -2.32. The third kappa shape index (κ3) is 3.64. The largest absolute Gasteiger partial charge is 0.387 e. The van der Waals surface area contributed by atoms with E-state index in [9.17, 15) is 10.1 Å². The summed E-state index contributed by atoms with van der Waals surface area (Å²) in [7, 11) is 0. The molecule has 20 heavy (non-hydrogen) atoms. The quantitative estimate of drug-likeness (QED) is 0.480. The summed E-state index contributed by atoms with van der Waals surface area (Å²) in [6.07, 6.45) is 4.29. The Bertz CT molecular complexity index is 447. The summed E-state index contributed by atoms with van der Waals surface area (Å²) in [5, 5.41) is 11.0. The Morgan fingerprint density at radius 3 is 2.90 bits per heavy atom. The number of nitrogens with two attached hydrogens (primary N) is 1. The second kappa shape index (κ2) is 7.16. The van der Waals surface area contributed by atoms with Crippen molar-refractivity contribution in [2.75, 3.05) is 31.1 Å². The minimum Gasteiger partial charge on any atom is -0.378 e. The van der Waals surface area contributed by atoms with Crippen LogP contribution in [-0.4, -0.2) is 42.3 Å². The second-order valence-electron chi connectivity index (χ2n) is 4.80. The number of pyridine rings is 1. The van der Waals surface area contributed by atoms with Gasteiger partial charge in [-0.2, -0.15) is 0 Å². The zero-order valence-electron chi connectivity index (χ0n) is 11.4. The molecule has 1 aromatic heterocycles. The van der Waals surface area contributed by atoms with E-state index in [1.165, 1.54) is 6.20 Å². The predicted molar refractivity (Wildman–Crippen MR) is 75.7 cm³/mol. The third-order valence-electron chi connectivity index (χ3n) is 3.42. The highest BCUT2D eigenvalue weighted by Gasteiger charge is 2.25. The van der Waals surface area contributed by atoms with Crippen molar-refractivity contribution in [2.45, 2.75) is 25.4 Å². The Hall–Kier alpha value is -1.73. The highest BCUT2D eigenvalue weighted by atomic mass is 16.6. The molecule has 0 aromatic carbocycles. The smallest absolute Gasteiger partial charge is 0.378 e. The fourth-order valence-electron chi connectivity index (χ4n) is 2.37. The maximum absolute atomic E-state index is 11.0. The first kappa shape index (κ1) is 14.7. The van der Waals surface area contributed by atoms with Gasteiger partial charge in [0, 0.05) is 19.7 Å². The standard InChI is InChI=1S/C13H20N4O3/c14-6-2-10-20-11-4-8-16(9-5-11)12-3-1-7-15-13(12)17(18)19/h1,3,7,11H,2,4-6,8-10,14H2. The van der Waals surface area contributed by atoms with Crippen LogP contribution in [-0.2, 0) is 4.74 Å². The van der Waals surface area contributed by atoms with Crippen molar-refractivity contribution in [3.63, 3.8) is 0 Å². The number of hydrogen-bond donors (Lipinski definition) is 1. The monoisotopic (exact) mass is 280 g/mol. The molecule has 1 fully saturated rings. The van der Waals surface area contributed by atoms with Gasteiger partial charge in [0.25, 0.3) is 0 Å². The van der Waals surface area contributed by atoms with Gasteiger partial charge in [0.05, 0.1) is 6.10 Å². The van der Waals surface area contributed by atoms with Crippen LogP contribution >= 0.6 is 0 Å². The summed E-state index contributed by atoms with van der Waals surface area (Å²) in [6, 6.07) is 3.48. The molecule has 0 saturated carbocycles. The van der Waals surface area contributed by atoms with Gasteiger partial charge in [-0.15, -0.1) is 0 Å². The number of piperidine rings is 1. The summed E-state index contributed by atoms with van der Waals surface area (Å²) in [5.41, 5.74) is 6.02. The molecule has 2 N–H and O–H groups in total. The molecule has 0 amide bonds. The van der Waals surface area contributed by atoms with Crippen LogP contribution in [0.25, 0.3) is 0 Å². The van der Waals surface area contributed by atoms with Gasteiger partial charge in [0.15, 0.2) is 0 Å². The molecule has 0 bridgehead atoms. The first-order valence-corrected chi connectivity index (χ1v) is 6.88. The van der Waals surface area contributed by atoms with E-state index in [4.69, 9.17) is 10.5 Å². The van der Waals surface area contributed by atoms with Gasteiger partial charge < -0.3 is 25.5 Å². The van der Waals surface area contributed by atoms with Crippen LogP contribution < -0.4 is 10.6 Å². The maximum atomic E-state index is 11.0. The van der Waals surface area contributed by atoms with Crippen molar-refractivity contribution in [3.8, 4) is 0 Å². The molecule has 0 atom stereocenters. The van der Waals surface area contributed by atoms with E-state index in [1.807, 2.05) is 4.90 Å². The first-order chi connectivity index (χ1) is 9.72. The molecule has 110 valence electrons. The molecule has 0 radical (unpaired) electrons. The number of nitro groups is 1. The molecule has 0 unspecified atom stereocenters. The van der Waals surface area contributed by atoms with Crippen LogP contribution in [0.2, 0.25) is 0 Å². The minimum atomic E-state index is -0.431. The molecule has 7 nitrogen and oxygen atoms in total. The van der Waals surface area contributed by atoms with E-state index in [0.29, 0.717) is 18.8 Å². The van der Waals surface area contributed by atoms with Gasteiger partial charge in [-0.1, -0.05) is 0 Å². The highest BCUT2D eigenvalue weighted by Crippen LogP contribution is 2.28. The third-order valence-corrected chi connectivity index (χ3v) is 3.42. The zero-order chi connectivity index (χ0) is 14.4. The molecule has 0 aliphatic carbocycles. The molecule has 0 spiro atoms. The highest BCUT2D eigenvalue weighted by molar-refractivity contribution is 5.59. The molecule has 1 aliphatic heterocycles. The van der Waals surface area contributed by atoms with Crippen molar-refractivity contribution < 1.29 is 9.66 Å². The van der Waals surface area contributed by atoms with Crippen LogP contribution in [0, 0.1) is 10.1 Å². The minimum absolute atomic E-state index is 0.0741. The van der Waals surface area contributed by atoms with E-state index < -0.39 is 4.92 Å². The van der Waals surface area contributed by atoms with Gasteiger partial charge >= 0.3 is 5.82 Å². The lowest BCUT2D eigenvalue weighted by Crippen LogP contribution is -2.37. The van der Waals surface area contributed by atoms with Crippen LogP contribution in [0.15, 0.2) is 18.3 Å². The van der Waals surface area contributed by atoms with E-state index in [2.05, 4.69) is 4.98 Å². The van der Waals surface area contributed by atoms with E-state index >= 15 is 0 Å². The number of hydrogen-bond acceptors (Lipinski definition) is 6. The Kier molecular flexibility index (Phi) is 5.25. The van der Waals surface area contributed by atoms with E-state index in [-0.39, 0.29) is 11.9 Å². The Morgan fingerprint density at radius 2 is 2.25 bits per heavy atom. The summed E-state index contributed by atoms with van der Waals surface area (Å²) < 4.78 is 5.73. The molecule has 2 heterocycles. The van der Waals surface area contributed by atoms with Crippen molar-refractivity contribution in [2.24, 2.45) is 5.73 Å². The number of nitrogens with zero attached hydrogens (tertiary/aromatic N) is 3. The van der Waals surface area contributed by atoms with Crippen molar-refractivity contribution in [1.82, 2.24) is 4.98 Å². The lowest BCUT2D eigenvalue weighted by atomic mass is 10.1. The average Bonchev–Trinajstić information content (AvgIpc) is 2.48. The molecular formula is C13H20N4O3. The van der Waals surface area contributed by atoms with Gasteiger partial charge in [0.1, 0.15) is 11.9 Å². The van der Waals surface area contributed by atoms with Crippen LogP contribution in [0.5, 0.6) is 0 Å². The fraction of sp³-hybridized carbons (Fsp3) is 0.615. The van der Waals surface area contributed by atoms with Crippen LogP contribution in [0.1, 0.15) is 19.3 Å². The van der Waals surface area contributed by atoms with Crippen LogP contribution in [0.4, 0.5) is 11.5 Å². The summed E-state index contributed by atoms with van der Waals surface area (Å²) in [4.78, 5) is 16.4. The van der Waals surface area contributed by atoms with Gasteiger partial charge in [-0.3, -0.25) is 0 Å². The zero-order valence-corrected chi connectivity index (χ0v) is 11.4. The topological polar surface area (TPSA) is 94.5 Å². The molecule has 1 saturated heterocycles. The summed E-state index contributed by atoms with van der Waals surface area (Å²) in [6.45, 7) is 2.83. The maximum Gasteiger partial charge on any atom is 0.387 e. The fourth-order valence-corrected chi connectivity index (χ4v) is 2.37. The normalized spacial score (nSPS) is 16.4. The first-order valence-electron chi connectivity index (χ1n) is 6.88. The Balaban J connectivity index is 1.92. The van der Waals surface area contributed by atoms with Gasteiger partial charge in [-0.25, -0.2) is 0 Å². The van der Waals surface area contributed by atoms with Crippen molar-refractivity contribution in [3.05, 3.63) is 28.4 Å². The number of aromatic nitrogens is 1. The molecule has 1 aliphatic rings. The molecule has 2 rings (SSSR count). The summed E-state index contributed by atoms with van der Waals surface area (Å²) in [5.74, 6) is -0.0741. The van der Waals surface area contributed by atoms with Crippen molar-refractivity contribution in [1.29, 1.82) is 0 Å². The second-order valence-corrected chi connectivity index (χ2v) is 4.80. The SMILES string of the molecule is NCCCOC1CCN(c2cccnc2[N+](=O)[O-])CC1. The molecule has 1 aromatic rings. The predicted octanol–water partition coefficient (Wildman–Crippen LogP) is 1.32.